The van der Waals surface area contributed by atoms with Crippen LogP contribution >= 0.6 is 0 Å². The quantitative estimate of drug-likeness (QED) is 0.769. The average Bonchev–Trinajstić information content (AvgIpc) is 2.44. The number of nitrogens with one attached hydrogen (secondary N) is 1. The fourth-order valence-corrected chi connectivity index (χ4v) is 2.95. The van der Waals surface area contributed by atoms with Crippen LogP contribution < -0.4 is 5.32 Å². The Morgan fingerprint density at radius 2 is 2.33 bits per heavy atom. The van der Waals surface area contributed by atoms with Gasteiger partial charge in [0.2, 0.25) is 0 Å². The monoisotopic (exact) mass is 251 g/mol. The number of ether oxygens (including phenoxy) is 1. The van der Waals surface area contributed by atoms with E-state index in [4.69, 9.17) is 10.00 Å². The number of rotatable bonds is 1. The van der Waals surface area contributed by atoms with Gasteiger partial charge in [0.25, 0.3) is 0 Å². The summed E-state index contributed by atoms with van der Waals surface area (Å²) < 4.78 is 5.48. The molecular weight excluding hydrogens is 230 g/mol. The Hall–Kier alpha value is -1.28. The Bertz CT molecular complexity index is 379. The number of nitriles is 1. The zero-order chi connectivity index (χ0) is 13.4. The average molecular weight is 251 g/mol. The molecule has 0 saturated carbocycles. The maximum absolute atomic E-state index is 12.3. The van der Waals surface area contributed by atoms with E-state index >= 15 is 0 Å². The smallest absolute Gasteiger partial charge is 0.411 e. The third-order valence-electron chi connectivity index (χ3n) is 3.65. The lowest BCUT2D eigenvalue weighted by molar-refractivity contribution is -0.00910. The van der Waals surface area contributed by atoms with Crippen LogP contribution in [0.5, 0.6) is 0 Å². The van der Waals surface area contributed by atoms with E-state index in [-0.39, 0.29) is 17.7 Å². The molecule has 5 nitrogen and oxygen atoms in total. The van der Waals surface area contributed by atoms with Gasteiger partial charge in [-0.3, -0.25) is 4.90 Å². The molecule has 0 aromatic carbocycles. The summed E-state index contributed by atoms with van der Waals surface area (Å²) >= 11 is 0. The first kappa shape index (κ1) is 13.2. The number of hydrogen-bond donors (Lipinski definition) is 1. The van der Waals surface area contributed by atoms with Crippen LogP contribution in [0.3, 0.4) is 0 Å². The van der Waals surface area contributed by atoms with E-state index in [9.17, 15) is 4.79 Å². The fourth-order valence-electron chi connectivity index (χ4n) is 2.95. The Morgan fingerprint density at radius 1 is 1.61 bits per heavy atom. The number of amides is 1. The molecule has 1 amide bonds. The molecule has 2 aliphatic heterocycles. The summed E-state index contributed by atoms with van der Waals surface area (Å²) in [5.41, 5.74) is -0.852. The molecule has 1 N–H and O–H groups in total. The predicted molar refractivity (Wildman–Crippen MR) is 66.9 cm³/mol. The molecule has 0 aromatic rings. The summed E-state index contributed by atoms with van der Waals surface area (Å²) in [4.78, 5) is 14.1. The van der Waals surface area contributed by atoms with Crippen molar-refractivity contribution in [2.45, 2.75) is 57.2 Å². The minimum Gasteiger partial charge on any atom is -0.444 e. The van der Waals surface area contributed by atoms with E-state index < -0.39 is 5.60 Å². The van der Waals surface area contributed by atoms with E-state index in [1.54, 1.807) is 0 Å². The van der Waals surface area contributed by atoms with E-state index in [1.165, 1.54) is 0 Å². The van der Waals surface area contributed by atoms with Crippen LogP contribution in [-0.2, 0) is 4.74 Å². The first-order chi connectivity index (χ1) is 8.38. The molecule has 2 fully saturated rings. The maximum atomic E-state index is 12.3. The molecule has 0 spiro atoms. The fraction of sp³-hybridized carbons (Fsp3) is 0.846. The van der Waals surface area contributed by atoms with Crippen molar-refractivity contribution in [1.82, 2.24) is 10.2 Å². The molecule has 2 heterocycles. The van der Waals surface area contributed by atoms with Crippen LogP contribution in [-0.4, -0.2) is 41.3 Å². The number of piperazine rings is 1. The molecule has 2 saturated heterocycles. The zero-order valence-electron chi connectivity index (χ0n) is 11.3. The normalized spacial score (nSPS) is 31.0. The SMILES string of the molecule is CC(C)(C)OC(=O)N1C2CCC1(CC#N)CNC2. The van der Waals surface area contributed by atoms with E-state index in [0.717, 1.165) is 19.4 Å². The van der Waals surface area contributed by atoms with Gasteiger partial charge >= 0.3 is 6.09 Å². The predicted octanol–water partition coefficient (Wildman–Crippen LogP) is 1.64. The van der Waals surface area contributed by atoms with Crippen molar-refractivity contribution < 1.29 is 9.53 Å². The van der Waals surface area contributed by atoms with Gasteiger partial charge in [-0.1, -0.05) is 0 Å². The van der Waals surface area contributed by atoms with Crippen LogP contribution in [0.25, 0.3) is 0 Å². The molecular formula is C13H21N3O2. The van der Waals surface area contributed by atoms with Crippen molar-refractivity contribution in [1.29, 1.82) is 5.26 Å². The van der Waals surface area contributed by atoms with Gasteiger partial charge in [-0.2, -0.15) is 5.26 Å². The second-order valence-corrected chi connectivity index (χ2v) is 6.23. The van der Waals surface area contributed by atoms with Gasteiger partial charge in [-0.05, 0) is 33.6 Å². The summed E-state index contributed by atoms with van der Waals surface area (Å²) in [6.45, 7) is 7.09. The van der Waals surface area contributed by atoms with Gasteiger partial charge in [-0.25, -0.2) is 4.79 Å². The molecule has 2 atom stereocenters. The Labute approximate surface area is 108 Å². The van der Waals surface area contributed by atoms with E-state index in [2.05, 4.69) is 11.4 Å². The highest BCUT2D eigenvalue weighted by Crippen LogP contribution is 2.39. The minimum atomic E-state index is -0.491. The van der Waals surface area contributed by atoms with E-state index in [0.29, 0.717) is 13.0 Å². The van der Waals surface area contributed by atoms with Gasteiger partial charge in [0.1, 0.15) is 5.60 Å². The zero-order valence-corrected chi connectivity index (χ0v) is 11.3. The Kier molecular flexibility index (Phi) is 3.24. The first-order valence-corrected chi connectivity index (χ1v) is 6.48. The summed E-state index contributed by atoms with van der Waals surface area (Å²) in [5, 5.41) is 12.3. The molecule has 2 bridgehead atoms. The van der Waals surface area contributed by atoms with Gasteiger partial charge < -0.3 is 10.1 Å². The van der Waals surface area contributed by atoms with Crippen molar-refractivity contribution in [2.75, 3.05) is 13.1 Å². The third-order valence-corrected chi connectivity index (χ3v) is 3.65. The van der Waals surface area contributed by atoms with Crippen LogP contribution in [0.1, 0.15) is 40.0 Å². The highest BCUT2D eigenvalue weighted by Gasteiger charge is 2.52. The van der Waals surface area contributed by atoms with Gasteiger partial charge in [0.15, 0.2) is 0 Å². The van der Waals surface area contributed by atoms with Crippen molar-refractivity contribution in [3.05, 3.63) is 0 Å². The van der Waals surface area contributed by atoms with Crippen molar-refractivity contribution in [2.24, 2.45) is 0 Å². The van der Waals surface area contributed by atoms with Gasteiger partial charge in [-0.15, -0.1) is 0 Å². The summed E-state index contributed by atoms with van der Waals surface area (Å²) in [5.74, 6) is 0. The molecule has 0 aliphatic carbocycles. The van der Waals surface area contributed by atoms with Crippen LogP contribution in [0.15, 0.2) is 0 Å². The van der Waals surface area contributed by atoms with Crippen molar-refractivity contribution >= 4 is 6.09 Å². The Morgan fingerprint density at radius 3 is 2.94 bits per heavy atom. The minimum absolute atomic E-state index is 0.168. The van der Waals surface area contributed by atoms with Crippen LogP contribution in [0.2, 0.25) is 0 Å². The summed E-state index contributed by atoms with van der Waals surface area (Å²) in [6, 6.07) is 2.38. The molecule has 0 aromatic heterocycles. The van der Waals surface area contributed by atoms with Crippen molar-refractivity contribution in [3.63, 3.8) is 0 Å². The maximum Gasteiger partial charge on any atom is 0.411 e. The third kappa shape index (κ3) is 2.30. The first-order valence-electron chi connectivity index (χ1n) is 6.48. The number of carbonyl (C=O) groups excluding carboxylic acids is 1. The van der Waals surface area contributed by atoms with E-state index in [1.807, 2.05) is 25.7 Å². The summed E-state index contributed by atoms with van der Waals surface area (Å²) in [7, 11) is 0. The molecule has 100 valence electrons. The lowest BCUT2D eigenvalue weighted by Gasteiger charge is -2.44. The largest absolute Gasteiger partial charge is 0.444 e. The van der Waals surface area contributed by atoms with Crippen LogP contribution in [0, 0.1) is 11.3 Å². The van der Waals surface area contributed by atoms with Crippen LogP contribution in [0.4, 0.5) is 4.79 Å². The number of fused-ring (bicyclic) bond motifs is 2. The van der Waals surface area contributed by atoms with Gasteiger partial charge in [0, 0.05) is 19.1 Å². The Balaban J connectivity index is 2.19. The number of carbonyl (C=O) groups is 1. The highest BCUT2D eigenvalue weighted by molar-refractivity contribution is 5.70. The number of hydrogen-bond acceptors (Lipinski definition) is 4. The highest BCUT2D eigenvalue weighted by atomic mass is 16.6. The summed E-state index contributed by atoms with van der Waals surface area (Å²) in [6.07, 6.45) is 1.93. The molecule has 2 unspecified atom stereocenters. The molecule has 18 heavy (non-hydrogen) atoms. The second-order valence-electron chi connectivity index (χ2n) is 6.23. The number of nitrogens with zero attached hydrogens (tertiary/aromatic N) is 2. The standard InChI is InChI=1S/C13H21N3O2/c1-12(2,3)18-11(17)16-10-4-5-13(16,6-7-14)9-15-8-10/h10,15H,4-6,8-9H2,1-3H3. The molecule has 5 heteroatoms. The lowest BCUT2D eigenvalue weighted by Crippen LogP contribution is -2.62. The topological polar surface area (TPSA) is 65.4 Å². The molecule has 2 aliphatic rings. The second kappa shape index (κ2) is 4.43. The molecule has 2 rings (SSSR count). The lowest BCUT2D eigenvalue weighted by atomic mass is 9.92. The molecule has 0 radical (unpaired) electrons. The van der Waals surface area contributed by atoms with Gasteiger partial charge in [0.05, 0.1) is 18.0 Å². The van der Waals surface area contributed by atoms with Crippen molar-refractivity contribution in [3.8, 4) is 6.07 Å².